The Bertz CT molecular complexity index is 1490. The van der Waals surface area contributed by atoms with Gasteiger partial charge in [0.2, 0.25) is 5.95 Å². The van der Waals surface area contributed by atoms with Gasteiger partial charge in [-0.1, -0.05) is 55.8 Å². The fourth-order valence-corrected chi connectivity index (χ4v) is 6.02. The van der Waals surface area contributed by atoms with Crippen LogP contribution in [-0.2, 0) is 11.3 Å². The quantitative estimate of drug-likeness (QED) is 0.135. The van der Waals surface area contributed by atoms with Crippen LogP contribution in [0.2, 0.25) is 10.0 Å². The van der Waals surface area contributed by atoms with Crippen molar-refractivity contribution in [1.29, 1.82) is 0 Å². The molecule has 1 aromatic carbocycles. The second-order valence-electron chi connectivity index (χ2n) is 11.3. The number of anilines is 3. The highest BCUT2D eigenvalue weighted by atomic mass is 35.5. The Morgan fingerprint density at radius 1 is 1.09 bits per heavy atom. The Morgan fingerprint density at radius 3 is 2.57 bits per heavy atom. The van der Waals surface area contributed by atoms with Crippen LogP contribution in [0.1, 0.15) is 80.6 Å². The van der Waals surface area contributed by atoms with E-state index in [0.29, 0.717) is 48.5 Å². The SMILES string of the molecule is CCCCOC(=O)NCc1cc(F)c(Cl)c(Nc2nc3nc(N4CCC(F)CC4)c(C(=O)NC4CCCCC4)cc3[nH]2)c1Cl. The molecule has 1 aliphatic heterocycles. The highest BCUT2D eigenvalue weighted by Crippen LogP contribution is 2.38. The third-order valence-corrected chi connectivity index (χ3v) is 8.79. The first-order chi connectivity index (χ1) is 21.2. The van der Waals surface area contributed by atoms with Crippen molar-refractivity contribution in [3.63, 3.8) is 0 Å². The smallest absolute Gasteiger partial charge is 0.407 e. The molecule has 4 N–H and O–H groups in total. The zero-order valence-electron chi connectivity index (χ0n) is 24.6. The summed E-state index contributed by atoms with van der Waals surface area (Å²) >= 11 is 12.9. The molecule has 0 bridgehead atoms. The number of piperidine rings is 1. The number of carbonyl (C=O) groups is 2. The van der Waals surface area contributed by atoms with Gasteiger partial charge in [0.15, 0.2) is 5.65 Å². The average Bonchev–Trinajstić information content (AvgIpc) is 3.42. The molecule has 2 aliphatic rings. The molecule has 1 saturated carbocycles. The number of nitrogens with one attached hydrogen (secondary N) is 4. The zero-order valence-corrected chi connectivity index (χ0v) is 26.1. The van der Waals surface area contributed by atoms with Crippen LogP contribution in [0, 0.1) is 5.82 Å². The van der Waals surface area contributed by atoms with Crippen molar-refractivity contribution < 1.29 is 23.1 Å². The van der Waals surface area contributed by atoms with Gasteiger partial charge in [-0.3, -0.25) is 4.79 Å². The van der Waals surface area contributed by atoms with Crippen LogP contribution < -0.4 is 20.9 Å². The maximum absolute atomic E-state index is 14.8. The van der Waals surface area contributed by atoms with Crippen LogP contribution in [0.4, 0.5) is 31.0 Å². The third-order valence-electron chi connectivity index (χ3n) is 7.99. The fourth-order valence-electron chi connectivity index (χ4n) is 5.51. The summed E-state index contributed by atoms with van der Waals surface area (Å²) in [6.07, 6.45) is 5.93. The molecule has 0 radical (unpaired) electrons. The van der Waals surface area contributed by atoms with Gasteiger partial charge in [-0.05, 0) is 49.8 Å². The molecule has 44 heavy (non-hydrogen) atoms. The summed E-state index contributed by atoms with van der Waals surface area (Å²) in [5.41, 5.74) is 1.46. The zero-order chi connectivity index (χ0) is 31.2. The predicted molar refractivity (Wildman–Crippen MR) is 167 cm³/mol. The molecule has 2 aromatic heterocycles. The molecule has 14 heteroatoms. The first kappa shape index (κ1) is 32.0. The van der Waals surface area contributed by atoms with Gasteiger partial charge >= 0.3 is 6.09 Å². The molecule has 10 nitrogen and oxygen atoms in total. The number of H-pyrrole nitrogens is 1. The lowest BCUT2D eigenvalue weighted by atomic mass is 9.95. The fraction of sp³-hybridized carbons (Fsp3) is 0.533. The lowest BCUT2D eigenvalue weighted by molar-refractivity contribution is 0.0927. The number of alkyl halides is 1. The maximum Gasteiger partial charge on any atom is 0.407 e. The number of unbranched alkanes of at least 4 members (excludes halogenated alkanes) is 1. The second-order valence-corrected chi connectivity index (χ2v) is 12.0. The number of carbonyl (C=O) groups excluding carboxylic acids is 2. The molecule has 5 rings (SSSR count). The topological polar surface area (TPSA) is 124 Å². The summed E-state index contributed by atoms with van der Waals surface area (Å²) in [5.74, 6) is -0.381. The number of imidazole rings is 1. The molecule has 2 fully saturated rings. The Balaban J connectivity index is 1.41. The Labute approximate surface area is 264 Å². The van der Waals surface area contributed by atoms with E-state index in [1.807, 2.05) is 11.8 Å². The monoisotopic (exact) mass is 651 g/mol. The number of halogens is 4. The van der Waals surface area contributed by atoms with E-state index in [0.717, 1.165) is 51.0 Å². The van der Waals surface area contributed by atoms with Crippen LogP contribution in [0.15, 0.2) is 12.1 Å². The number of hydrogen-bond acceptors (Lipinski definition) is 7. The number of hydrogen-bond donors (Lipinski definition) is 4. The number of aromatic amines is 1. The van der Waals surface area contributed by atoms with E-state index in [9.17, 15) is 18.4 Å². The first-order valence-corrected chi connectivity index (χ1v) is 15.9. The van der Waals surface area contributed by atoms with Gasteiger partial charge in [-0.15, -0.1) is 0 Å². The molecule has 1 saturated heterocycles. The van der Waals surface area contributed by atoms with Gasteiger partial charge in [0, 0.05) is 25.7 Å². The molecule has 238 valence electrons. The van der Waals surface area contributed by atoms with Gasteiger partial charge in [-0.25, -0.2) is 18.6 Å². The summed E-state index contributed by atoms with van der Waals surface area (Å²) < 4.78 is 33.9. The summed E-state index contributed by atoms with van der Waals surface area (Å²) in [6, 6.07) is 2.92. The number of amides is 2. The van der Waals surface area contributed by atoms with E-state index in [1.54, 1.807) is 6.07 Å². The molecule has 0 atom stereocenters. The van der Waals surface area contributed by atoms with Gasteiger partial charge in [0.1, 0.15) is 22.8 Å². The highest BCUT2D eigenvalue weighted by Gasteiger charge is 2.27. The van der Waals surface area contributed by atoms with Crippen molar-refractivity contribution in [2.24, 2.45) is 0 Å². The molecule has 3 aromatic rings. The van der Waals surface area contributed by atoms with Gasteiger partial charge < -0.3 is 30.6 Å². The number of fused-ring (bicyclic) bond motifs is 1. The van der Waals surface area contributed by atoms with Gasteiger partial charge in [-0.2, -0.15) is 4.98 Å². The number of pyridine rings is 1. The number of benzene rings is 1. The molecule has 0 unspecified atom stereocenters. The van der Waals surface area contributed by atoms with Crippen LogP contribution in [0.25, 0.3) is 11.2 Å². The van der Waals surface area contributed by atoms with Gasteiger partial charge in [0.05, 0.1) is 28.4 Å². The third kappa shape index (κ3) is 7.63. The van der Waals surface area contributed by atoms with Crippen LogP contribution in [0.5, 0.6) is 0 Å². The minimum atomic E-state index is -0.886. The standard InChI is InChI=1S/C30H37Cl2F2N7O3/c1-2-3-13-44-30(43)35-16-17-14-21(34)24(32)25(23(17)31)38-29-37-22-15-20(28(42)36-19-7-5-4-6-8-19)27(39-26(22)40-29)41-11-9-18(33)10-12-41/h14-15,18-19H,2-13,16H2,1H3,(H,35,43)(H,36,42)(H2,37,38,39,40). The van der Waals surface area contributed by atoms with E-state index in [-0.39, 0.29) is 52.3 Å². The Hall–Kier alpha value is -3.38. The van der Waals surface area contributed by atoms with E-state index in [2.05, 4.69) is 25.9 Å². The number of aromatic nitrogens is 3. The van der Waals surface area contributed by atoms with Crippen LogP contribution >= 0.6 is 23.2 Å². The molecular weight excluding hydrogens is 615 g/mol. The van der Waals surface area contributed by atoms with E-state index in [4.69, 9.17) is 32.9 Å². The lowest BCUT2D eigenvalue weighted by Gasteiger charge is -2.31. The van der Waals surface area contributed by atoms with E-state index in [1.165, 1.54) is 0 Å². The normalized spacial score (nSPS) is 16.2. The predicted octanol–water partition coefficient (Wildman–Crippen LogP) is 7.17. The maximum atomic E-state index is 14.8. The van der Waals surface area contributed by atoms with E-state index >= 15 is 0 Å². The van der Waals surface area contributed by atoms with Crippen molar-refractivity contribution >= 4 is 63.8 Å². The number of ether oxygens (including phenoxy) is 1. The molecular formula is C30H37Cl2F2N7O3. The molecule has 2 amide bonds. The van der Waals surface area contributed by atoms with E-state index < -0.39 is 18.1 Å². The number of nitrogens with zero attached hydrogens (tertiary/aromatic N) is 3. The summed E-state index contributed by atoms with van der Waals surface area (Å²) in [4.78, 5) is 39.7. The number of alkyl carbamates (subject to hydrolysis) is 1. The minimum absolute atomic E-state index is 0.0454. The summed E-state index contributed by atoms with van der Waals surface area (Å²) in [5, 5.41) is 8.47. The van der Waals surface area contributed by atoms with Crippen molar-refractivity contribution in [3.05, 3.63) is 39.1 Å². The summed E-state index contributed by atoms with van der Waals surface area (Å²) in [7, 11) is 0. The molecule has 1 aliphatic carbocycles. The molecule has 0 spiro atoms. The summed E-state index contributed by atoms with van der Waals surface area (Å²) in [6.45, 7) is 3.02. The van der Waals surface area contributed by atoms with Crippen molar-refractivity contribution in [2.45, 2.75) is 83.5 Å². The first-order valence-electron chi connectivity index (χ1n) is 15.2. The Morgan fingerprint density at radius 2 is 1.84 bits per heavy atom. The van der Waals surface area contributed by atoms with Crippen molar-refractivity contribution in [2.75, 3.05) is 29.9 Å². The number of rotatable bonds is 10. The minimum Gasteiger partial charge on any atom is -0.450 e. The largest absolute Gasteiger partial charge is 0.450 e. The van der Waals surface area contributed by atoms with Crippen LogP contribution in [-0.4, -0.2) is 58.9 Å². The van der Waals surface area contributed by atoms with Crippen molar-refractivity contribution in [1.82, 2.24) is 25.6 Å². The molecule has 3 heterocycles. The lowest BCUT2D eigenvalue weighted by Crippen LogP contribution is -2.39. The Kier molecular flexibility index (Phi) is 10.6. The van der Waals surface area contributed by atoms with Crippen molar-refractivity contribution in [3.8, 4) is 0 Å². The second kappa shape index (κ2) is 14.6. The van der Waals surface area contributed by atoms with Crippen LogP contribution in [0.3, 0.4) is 0 Å². The van der Waals surface area contributed by atoms with Gasteiger partial charge in [0.25, 0.3) is 5.91 Å². The highest BCUT2D eigenvalue weighted by molar-refractivity contribution is 6.39. The average molecular weight is 653 g/mol.